The molecule has 0 aliphatic heterocycles. The molecule has 0 heteroatoms. The van der Waals surface area contributed by atoms with E-state index in [0.717, 1.165) is 0 Å². The van der Waals surface area contributed by atoms with Crippen molar-refractivity contribution in [3.05, 3.63) is 12.2 Å². The van der Waals surface area contributed by atoms with Crippen molar-refractivity contribution in [1.82, 2.24) is 0 Å². The first kappa shape index (κ1) is 8.34. The molecule has 2 rings (SSSR count). The Morgan fingerprint density at radius 1 is 1.00 bits per heavy atom. The maximum Gasteiger partial charge on any atom is -0.00670 e. The average Bonchev–Trinajstić information content (AvgIpc) is 2.30. The number of hydrogen-bond acceptors (Lipinski definition) is 0. The Morgan fingerprint density at radius 3 is 2.25 bits per heavy atom. The van der Waals surface area contributed by atoms with Gasteiger partial charge in [0.2, 0.25) is 0 Å². The third-order valence-corrected chi connectivity index (χ3v) is 4.20. The van der Waals surface area contributed by atoms with Crippen LogP contribution < -0.4 is 0 Å². The van der Waals surface area contributed by atoms with Gasteiger partial charge in [0.1, 0.15) is 0 Å². The Balaban J connectivity index is 2.29. The third-order valence-electron chi connectivity index (χ3n) is 4.20. The van der Waals surface area contributed by atoms with Gasteiger partial charge < -0.3 is 0 Å². The largest absolute Gasteiger partial charge is 0.0880 e. The highest BCUT2D eigenvalue weighted by Crippen LogP contribution is 2.57. The van der Waals surface area contributed by atoms with Crippen molar-refractivity contribution in [1.29, 1.82) is 0 Å². The molecular weight excluding hydrogens is 144 g/mol. The van der Waals surface area contributed by atoms with E-state index in [-0.39, 0.29) is 0 Å². The highest BCUT2D eigenvalue weighted by atomic mass is 14.5. The Morgan fingerprint density at radius 2 is 1.75 bits per heavy atom. The van der Waals surface area contributed by atoms with Crippen LogP contribution in [-0.4, -0.2) is 0 Å². The molecule has 2 aliphatic rings. The summed E-state index contributed by atoms with van der Waals surface area (Å²) in [6.45, 7) is 4.91. The molecule has 1 atom stereocenters. The van der Waals surface area contributed by atoms with E-state index < -0.39 is 0 Å². The Hall–Kier alpha value is -0.260. The molecule has 0 nitrogen and oxygen atoms in total. The summed E-state index contributed by atoms with van der Waals surface area (Å²) in [7, 11) is 0. The van der Waals surface area contributed by atoms with Crippen LogP contribution in [0.1, 0.15) is 52.4 Å². The van der Waals surface area contributed by atoms with Crippen LogP contribution in [0.5, 0.6) is 0 Å². The van der Waals surface area contributed by atoms with Crippen LogP contribution in [0, 0.1) is 10.8 Å². The molecule has 0 aromatic rings. The zero-order valence-corrected chi connectivity index (χ0v) is 8.40. The highest BCUT2D eigenvalue weighted by Gasteiger charge is 2.46. The van der Waals surface area contributed by atoms with Crippen LogP contribution in [-0.2, 0) is 0 Å². The second kappa shape index (κ2) is 2.61. The first-order valence-electron chi connectivity index (χ1n) is 5.34. The Bertz CT molecular complexity index is 200. The van der Waals surface area contributed by atoms with Gasteiger partial charge in [0.25, 0.3) is 0 Å². The van der Waals surface area contributed by atoms with Gasteiger partial charge in [-0.05, 0) is 42.9 Å². The number of hydrogen-bond donors (Lipinski definition) is 0. The summed E-state index contributed by atoms with van der Waals surface area (Å²) in [4.78, 5) is 0. The van der Waals surface area contributed by atoms with Crippen molar-refractivity contribution in [2.24, 2.45) is 10.8 Å². The van der Waals surface area contributed by atoms with E-state index in [1.165, 1.54) is 38.5 Å². The lowest BCUT2D eigenvalue weighted by Gasteiger charge is -2.41. The lowest BCUT2D eigenvalue weighted by atomic mass is 9.63. The van der Waals surface area contributed by atoms with E-state index in [0.29, 0.717) is 10.8 Å². The van der Waals surface area contributed by atoms with Gasteiger partial charge in [-0.1, -0.05) is 32.4 Å². The van der Waals surface area contributed by atoms with E-state index in [1.807, 2.05) is 0 Å². The fourth-order valence-electron chi connectivity index (χ4n) is 3.13. The second-order valence-corrected chi connectivity index (χ2v) is 5.19. The highest BCUT2D eigenvalue weighted by molar-refractivity contribution is 5.12. The van der Waals surface area contributed by atoms with E-state index in [9.17, 15) is 0 Å². The molecule has 1 spiro atoms. The second-order valence-electron chi connectivity index (χ2n) is 5.19. The number of rotatable bonds is 0. The molecule has 0 bridgehead atoms. The van der Waals surface area contributed by atoms with Crippen molar-refractivity contribution in [2.75, 3.05) is 0 Å². The van der Waals surface area contributed by atoms with Gasteiger partial charge in [-0.15, -0.1) is 0 Å². The molecule has 0 radical (unpaired) electrons. The molecule has 1 unspecified atom stereocenters. The molecule has 12 heavy (non-hydrogen) atoms. The summed E-state index contributed by atoms with van der Waals surface area (Å²) >= 11 is 0. The van der Waals surface area contributed by atoms with Crippen LogP contribution in [0.4, 0.5) is 0 Å². The Labute approximate surface area is 76.1 Å². The predicted molar refractivity (Wildman–Crippen MR) is 53.1 cm³/mol. The van der Waals surface area contributed by atoms with Crippen LogP contribution in [0.2, 0.25) is 0 Å². The predicted octanol–water partition coefficient (Wildman–Crippen LogP) is 3.92. The molecule has 0 N–H and O–H groups in total. The van der Waals surface area contributed by atoms with Crippen molar-refractivity contribution < 1.29 is 0 Å². The molecule has 0 heterocycles. The monoisotopic (exact) mass is 164 g/mol. The minimum absolute atomic E-state index is 0.573. The van der Waals surface area contributed by atoms with E-state index in [4.69, 9.17) is 0 Å². The van der Waals surface area contributed by atoms with Gasteiger partial charge in [-0.2, -0.15) is 0 Å². The molecular formula is C12H20. The van der Waals surface area contributed by atoms with Crippen molar-refractivity contribution >= 4 is 0 Å². The van der Waals surface area contributed by atoms with E-state index >= 15 is 0 Å². The van der Waals surface area contributed by atoms with Gasteiger partial charge in [-0.25, -0.2) is 0 Å². The maximum absolute atomic E-state index is 2.53. The van der Waals surface area contributed by atoms with Crippen molar-refractivity contribution in [3.63, 3.8) is 0 Å². The smallest absolute Gasteiger partial charge is 0.00670 e. The fourth-order valence-corrected chi connectivity index (χ4v) is 3.13. The van der Waals surface area contributed by atoms with E-state index in [2.05, 4.69) is 26.0 Å². The van der Waals surface area contributed by atoms with Crippen LogP contribution in [0.15, 0.2) is 12.2 Å². The van der Waals surface area contributed by atoms with Gasteiger partial charge in [0.15, 0.2) is 0 Å². The molecule has 0 aromatic carbocycles. The van der Waals surface area contributed by atoms with Crippen molar-refractivity contribution in [2.45, 2.75) is 52.4 Å². The normalized spacial score (nSPS) is 39.2. The van der Waals surface area contributed by atoms with Crippen LogP contribution in [0.25, 0.3) is 0 Å². The first-order chi connectivity index (χ1) is 5.66. The van der Waals surface area contributed by atoms with Gasteiger partial charge in [0, 0.05) is 0 Å². The molecule has 2 aliphatic carbocycles. The molecule has 0 saturated heterocycles. The Kier molecular flexibility index (Phi) is 1.82. The minimum atomic E-state index is 0.573. The van der Waals surface area contributed by atoms with Crippen LogP contribution in [0.3, 0.4) is 0 Å². The summed E-state index contributed by atoms with van der Waals surface area (Å²) in [5.41, 5.74) is 1.16. The molecule has 1 fully saturated rings. The summed E-state index contributed by atoms with van der Waals surface area (Å²) in [5, 5.41) is 0. The maximum atomic E-state index is 2.53. The first-order valence-corrected chi connectivity index (χ1v) is 5.34. The van der Waals surface area contributed by atoms with Crippen molar-refractivity contribution in [3.8, 4) is 0 Å². The zero-order valence-electron chi connectivity index (χ0n) is 8.40. The zero-order chi connectivity index (χ0) is 8.66. The summed E-state index contributed by atoms with van der Waals surface area (Å²) in [5.74, 6) is 0. The molecule has 0 amide bonds. The third kappa shape index (κ3) is 1.04. The summed E-state index contributed by atoms with van der Waals surface area (Å²) in [6, 6.07) is 0. The topological polar surface area (TPSA) is 0 Å². The SMILES string of the molecule is CC1(C)CCCC12C=CCCC2. The summed E-state index contributed by atoms with van der Waals surface area (Å²) < 4.78 is 0. The van der Waals surface area contributed by atoms with Gasteiger partial charge >= 0.3 is 0 Å². The fraction of sp³-hybridized carbons (Fsp3) is 0.833. The number of allylic oxidation sites excluding steroid dienone is 2. The standard InChI is InChI=1S/C12H20/c1-11(2)7-6-10-12(11)8-4-3-5-9-12/h4,8H,3,5-7,9-10H2,1-2H3. The van der Waals surface area contributed by atoms with E-state index in [1.54, 1.807) is 0 Å². The summed E-state index contributed by atoms with van der Waals surface area (Å²) in [6.07, 6.45) is 13.4. The average molecular weight is 164 g/mol. The molecule has 68 valence electrons. The van der Waals surface area contributed by atoms with Crippen LogP contribution >= 0.6 is 0 Å². The van der Waals surface area contributed by atoms with Gasteiger partial charge in [-0.3, -0.25) is 0 Å². The lowest BCUT2D eigenvalue weighted by Crippen LogP contribution is -2.31. The molecule has 0 aromatic heterocycles. The molecule has 1 saturated carbocycles. The lowest BCUT2D eigenvalue weighted by molar-refractivity contribution is 0.146. The quantitative estimate of drug-likeness (QED) is 0.476. The minimum Gasteiger partial charge on any atom is -0.0880 e. The van der Waals surface area contributed by atoms with Gasteiger partial charge in [0.05, 0.1) is 0 Å².